The molecule has 308 valence electrons. The third-order valence-electron chi connectivity index (χ3n) is 9.08. The van der Waals surface area contributed by atoms with Gasteiger partial charge in [0.25, 0.3) is 0 Å². The van der Waals surface area contributed by atoms with Crippen LogP contribution in [0, 0.1) is 13.8 Å². The van der Waals surface area contributed by atoms with Gasteiger partial charge in [-0.1, -0.05) is 140 Å². The second-order valence-corrected chi connectivity index (χ2v) is 16.1. The first-order chi connectivity index (χ1) is 27.8. The van der Waals surface area contributed by atoms with Crippen molar-refractivity contribution >= 4 is 43.6 Å². The standard InChI is InChI=1S/2C19H23N3.2C7H7.Zr/c2*1-5-20-18(21-19(2,3)4)22-16-12-8-6-10-14(16)15-11-7-9-13-17(15)22;2*1-7-5-3-2-4-6-7;/h2*6-13,18H,5H2,1-4H3;2*2-6H,1H2;/q2*-2;2*-1;. The van der Waals surface area contributed by atoms with E-state index in [1.165, 1.54) is 43.6 Å². The van der Waals surface area contributed by atoms with Crippen molar-refractivity contribution in [2.75, 3.05) is 13.1 Å². The predicted octanol–water partition coefficient (Wildman–Crippen LogP) is 15.4. The van der Waals surface area contributed by atoms with E-state index in [2.05, 4.69) is 175 Å². The van der Waals surface area contributed by atoms with Crippen LogP contribution in [0.5, 0.6) is 0 Å². The molecule has 0 amide bonds. The zero-order valence-corrected chi connectivity index (χ0v) is 38.6. The van der Waals surface area contributed by atoms with Gasteiger partial charge in [0, 0.05) is 69.8 Å². The molecule has 59 heavy (non-hydrogen) atoms. The maximum Gasteiger partial charge on any atom is 0.0461 e. The number of hydrogen-bond acceptors (Lipinski definition) is 0. The summed E-state index contributed by atoms with van der Waals surface area (Å²) < 4.78 is 4.53. The summed E-state index contributed by atoms with van der Waals surface area (Å²) in [5.74, 6) is 0. The fourth-order valence-electron chi connectivity index (χ4n) is 6.74. The topological polar surface area (TPSA) is 66.3 Å². The first-order valence-electron chi connectivity index (χ1n) is 20.3. The molecule has 2 heterocycles. The molecular weight excluding hydrogens is 800 g/mol. The number of hydrogen-bond donors (Lipinski definition) is 0. The van der Waals surface area contributed by atoms with Crippen molar-refractivity contribution in [2.24, 2.45) is 0 Å². The van der Waals surface area contributed by atoms with E-state index in [0.29, 0.717) is 0 Å². The Balaban J connectivity index is 0.000000194. The SMILES string of the molecule is CC[N-]C([N-]C(C)(C)C)n1c2ccccc2c2ccccc21.CC[N-]C([N-]C(C)(C)C)n1c2ccccc2c2ccccc21.[CH2-]c1ccccc1.[CH2-]c1ccccc1.[Zr]. The van der Waals surface area contributed by atoms with E-state index in [9.17, 15) is 0 Å². The van der Waals surface area contributed by atoms with Gasteiger partial charge in [-0.15, -0.1) is 35.3 Å². The maximum atomic E-state index is 4.94. The number of nitrogens with zero attached hydrogens (tertiary/aromatic N) is 6. The minimum absolute atomic E-state index is 0. The summed E-state index contributed by atoms with van der Waals surface area (Å²) in [7, 11) is 0. The molecular formula is C52H60N6Zr-6. The molecule has 2 atom stereocenters. The molecule has 2 aromatic heterocycles. The molecule has 8 rings (SSSR count). The fraction of sp³-hybridized carbons (Fsp3) is 0.269. The van der Waals surface area contributed by atoms with Crippen LogP contribution < -0.4 is 0 Å². The predicted molar refractivity (Wildman–Crippen MR) is 253 cm³/mol. The van der Waals surface area contributed by atoms with Gasteiger partial charge in [-0.25, -0.2) is 0 Å². The molecule has 0 N–H and O–H groups in total. The van der Waals surface area contributed by atoms with Gasteiger partial charge in [0.05, 0.1) is 0 Å². The molecule has 0 aliphatic rings. The average molecular weight is 860 g/mol. The molecule has 8 aromatic rings. The monoisotopic (exact) mass is 858 g/mol. The summed E-state index contributed by atoms with van der Waals surface area (Å²) in [6, 6.07) is 53.8. The van der Waals surface area contributed by atoms with E-state index in [4.69, 9.17) is 21.3 Å². The second kappa shape index (κ2) is 22.1. The Morgan fingerprint density at radius 2 is 0.644 bits per heavy atom. The zero-order valence-electron chi connectivity index (χ0n) is 36.2. The first-order valence-corrected chi connectivity index (χ1v) is 20.3. The number of rotatable bonds is 8. The van der Waals surface area contributed by atoms with E-state index in [-0.39, 0.29) is 49.9 Å². The summed E-state index contributed by atoms with van der Waals surface area (Å²) in [5.41, 5.74) is 6.66. The van der Waals surface area contributed by atoms with Gasteiger partial charge in [0.1, 0.15) is 0 Å². The van der Waals surface area contributed by atoms with Crippen molar-refractivity contribution in [3.63, 3.8) is 0 Å². The summed E-state index contributed by atoms with van der Waals surface area (Å²) in [6.07, 6.45) is -0.371. The summed E-state index contributed by atoms with van der Waals surface area (Å²) in [5, 5.41) is 24.4. The third-order valence-corrected chi connectivity index (χ3v) is 9.08. The maximum absolute atomic E-state index is 4.94. The molecule has 0 radical (unpaired) electrons. The average Bonchev–Trinajstić information content (AvgIpc) is 3.71. The van der Waals surface area contributed by atoms with Crippen molar-refractivity contribution in [2.45, 2.75) is 79.0 Å². The molecule has 0 bridgehead atoms. The van der Waals surface area contributed by atoms with Crippen LogP contribution in [0.4, 0.5) is 0 Å². The molecule has 6 nitrogen and oxygen atoms in total. The van der Waals surface area contributed by atoms with Crippen molar-refractivity contribution in [3.05, 3.63) is 204 Å². The molecule has 6 aromatic carbocycles. The van der Waals surface area contributed by atoms with Crippen molar-refractivity contribution < 1.29 is 26.2 Å². The smallest absolute Gasteiger partial charge is 0.0461 e. The molecule has 0 aliphatic heterocycles. The number of aromatic nitrogens is 2. The van der Waals surface area contributed by atoms with E-state index in [1.807, 2.05) is 60.7 Å². The Kier molecular flexibility index (Phi) is 17.6. The Bertz CT molecular complexity index is 2160. The van der Waals surface area contributed by atoms with Crippen LogP contribution in [-0.4, -0.2) is 33.3 Å². The quantitative estimate of drug-likeness (QED) is 0.137. The Labute approximate surface area is 372 Å². The van der Waals surface area contributed by atoms with E-state index >= 15 is 0 Å². The molecule has 2 unspecified atom stereocenters. The van der Waals surface area contributed by atoms with Crippen LogP contribution in [0.2, 0.25) is 0 Å². The minimum Gasteiger partial charge on any atom is -0.661 e. The van der Waals surface area contributed by atoms with Crippen molar-refractivity contribution in [3.8, 4) is 0 Å². The van der Waals surface area contributed by atoms with E-state index in [0.717, 1.165) is 24.2 Å². The van der Waals surface area contributed by atoms with Crippen LogP contribution >= 0.6 is 0 Å². The Hall–Kier alpha value is -4.62. The normalized spacial score (nSPS) is 12.3. The summed E-state index contributed by atoms with van der Waals surface area (Å²) in [6.45, 7) is 25.8. The number of benzene rings is 6. The van der Waals surface area contributed by atoms with Gasteiger partial charge in [0.2, 0.25) is 0 Å². The molecule has 7 heteroatoms. The van der Waals surface area contributed by atoms with E-state index < -0.39 is 0 Å². The van der Waals surface area contributed by atoms with E-state index in [1.54, 1.807) is 0 Å². The van der Waals surface area contributed by atoms with Gasteiger partial charge < -0.3 is 30.4 Å². The molecule has 0 saturated heterocycles. The Morgan fingerprint density at radius 3 is 0.847 bits per heavy atom. The molecule has 0 spiro atoms. The number of fused-ring (bicyclic) bond motifs is 6. The van der Waals surface area contributed by atoms with Crippen LogP contribution in [0.3, 0.4) is 0 Å². The van der Waals surface area contributed by atoms with Gasteiger partial charge in [0.15, 0.2) is 0 Å². The molecule has 0 aliphatic carbocycles. The van der Waals surface area contributed by atoms with Crippen LogP contribution in [0.25, 0.3) is 64.9 Å². The van der Waals surface area contributed by atoms with Gasteiger partial charge in [-0.3, -0.25) is 0 Å². The summed E-state index contributed by atoms with van der Waals surface area (Å²) >= 11 is 0. The van der Waals surface area contributed by atoms with Crippen LogP contribution in [0.15, 0.2) is 158 Å². The van der Waals surface area contributed by atoms with Crippen molar-refractivity contribution in [1.29, 1.82) is 0 Å². The van der Waals surface area contributed by atoms with Gasteiger partial charge >= 0.3 is 0 Å². The first kappa shape index (κ1) is 47.1. The van der Waals surface area contributed by atoms with Gasteiger partial charge in [-0.05, 0) is 24.3 Å². The van der Waals surface area contributed by atoms with Gasteiger partial charge in [-0.2, -0.15) is 74.9 Å². The fourth-order valence-corrected chi connectivity index (χ4v) is 6.74. The van der Waals surface area contributed by atoms with Crippen LogP contribution in [0.1, 0.15) is 79.1 Å². The molecule has 0 saturated carbocycles. The van der Waals surface area contributed by atoms with Crippen LogP contribution in [-0.2, 0) is 26.2 Å². The summed E-state index contributed by atoms with van der Waals surface area (Å²) in [4.78, 5) is 0. The molecule has 0 fully saturated rings. The zero-order chi connectivity index (χ0) is 41.7. The third kappa shape index (κ3) is 13.2. The largest absolute Gasteiger partial charge is 0.661 e. The second-order valence-electron chi connectivity index (χ2n) is 16.1. The minimum atomic E-state index is -0.185. The number of para-hydroxylation sites is 4. The Morgan fingerprint density at radius 1 is 0.407 bits per heavy atom. The van der Waals surface area contributed by atoms with Crippen molar-refractivity contribution in [1.82, 2.24) is 9.13 Å².